The molecule has 0 rings (SSSR count). The minimum absolute atomic E-state index is 0.0252. The van der Waals surface area contributed by atoms with Gasteiger partial charge in [-0.25, -0.2) is 0 Å². The molecule has 17 heavy (non-hydrogen) atoms. The molecule has 0 aliphatic rings. The number of carboxylic acid groups (broad SMARTS) is 1. The van der Waals surface area contributed by atoms with Gasteiger partial charge >= 0.3 is 5.97 Å². The van der Waals surface area contributed by atoms with Crippen LogP contribution in [0.2, 0.25) is 0 Å². The summed E-state index contributed by atoms with van der Waals surface area (Å²) in [5, 5.41) is 8.64. The van der Waals surface area contributed by atoms with Gasteiger partial charge in [-0.1, -0.05) is 6.92 Å². The summed E-state index contributed by atoms with van der Waals surface area (Å²) in [6.07, 6.45) is 2.21. The maximum Gasteiger partial charge on any atom is 0.305 e. The van der Waals surface area contributed by atoms with Crippen molar-refractivity contribution in [3.8, 4) is 0 Å². The van der Waals surface area contributed by atoms with Crippen molar-refractivity contribution >= 4 is 11.9 Å². The van der Waals surface area contributed by atoms with Gasteiger partial charge in [-0.15, -0.1) is 0 Å². The van der Waals surface area contributed by atoms with Crippen LogP contribution in [0.4, 0.5) is 0 Å². The number of aliphatic carboxylic acids is 1. The normalized spacial score (nSPS) is 10.6. The van der Waals surface area contributed by atoms with E-state index in [-0.39, 0.29) is 12.3 Å². The van der Waals surface area contributed by atoms with Crippen molar-refractivity contribution < 1.29 is 14.7 Å². The minimum Gasteiger partial charge on any atom is -0.481 e. The lowest BCUT2D eigenvalue weighted by atomic mass is 10.2. The lowest BCUT2D eigenvalue weighted by molar-refractivity contribution is -0.138. The van der Waals surface area contributed by atoms with E-state index >= 15 is 0 Å². The predicted molar refractivity (Wildman–Crippen MR) is 66.9 cm³/mol. The van der Waals surface area contributed by atoms with E-state index in [4.69, 9.17) is 5.11 Å². The smallest absolute Gasteiger partial charge is 0.305 e. The van der Waals surface area contributed by atoms with Crippen LogP contribution in [-0.2, 0) is 9.59 Å². The number of hydrogen-bond acceptors (Lipinski definition) is 3. The second-order valence-corrected chi connectivity index (χ2v) is 4.43. The second-order valence-electron chi connectivity index (χ2n) is 4.43. The van der Waals surface area contributed by atoms with Crippen LogP contribution < -0.4 is 0 Å². The Morgan fingerprint density at radius 3 is 2.18 bits per heavy atom. The minimum atomic E-state index is -0.855. The standard InChI is InChI=1S/C12H24N2O3/c1-4-6-11(15)14(10-7-12(16)17)9-5-8-13(2)3/h4-10H2,1-3H3,(H,16,17). The third-order valence-electron chi connectivity index (χ3n) is 2.45. The molecule has 0 unspecified atom stereocenters. The van der Waals surface area contributed by atoms with Crippen LogP contribution in [0.25, 0.3) is 0 Å². The van der Waals surface area contributed by atoms with Crippen LogP contribution in [0.5, 0.6) is 0 Å². The Morgan fingerprint density at radius 1 is 1.06 bits per heavy atom. The van der Waals surface area contributed by atoms with Gasteiger partial charge in [0.15, 0.2) is 0 Å². The zero-order chi connectivity index (χ0) is 13.3. The zero-order valence-corrected chi connectivity index (χ0v) is 11.1. The van der Waals surface area contributed by atoms with E-state index in [1.807, 2.05) is 21.0 Å². The highest BCUT2D eigenvalue weighted by molar-refractivity contribution is 5.76. The fourth-order valence-corrected chi connectivity index (χ4v) is 1.54. The van der Waals surface area contributed by atoms with E-state index in [0.29, 0.717) is 19.5 Å². The quantitative estimate of drug-likeness (QED) is 0.658. The summed E-state index contributed by atoms with van der Waals surface area (Å²) in [5.41, 5.74) is 0. The Hall–Kier alpha value is -1.10. The molecule has 0 saturated heterocycles. The molecule has 5 heteroatoms. The topological polar surface area (TPSA) is 60.9 Å². The molecular formula is C12H24N2O3. The predicted octanol–water partition coefficient (Wildman–Crippen LogP) is 1.04. The zero-order valence-electron chi connectivity index (χ0n) is 11.1. The number of carbonyl (C=O) groups is 2. The highest BCUT2D eigenvalue weighted by Crippen LogP contribution is 2.01. The Labute approximate surface area is 103 Å². The van der Waals surface area contributed by atoms with Gasteiger partial charge in [0.2, 0.25) is 5.91 Å². The molecule has 1 amide bonds. The summed E-state index contributed by atoms with van der Waals surface area (Å²) >= 11 is 0. The van der Waals surface area contributed by atoms with Crippen LogP contribution >= 0.6 is 0 Å². The van der Waals surface area contributed by atoms with E-state index in [2.05, 4.69) is 4.90 Å². The lowest BCUT2D eigenvalue weighted by Gasteiger charge is -2.22. The average Bonchev–Trinajstić information content (AvgIpc) is 2.22. The highest BCUT2D eigenvalue weighted by Gasteiger charge is 2.13. The number of rotatable bonds is 9. The van der Waals surface area contributed by atoms with Gasteiger partial charge in [0.25, 0.3) is 0 Å². The first-order valence-corrected chi connectivity index (χ1v) is 6.11. The van der Waals surface area contributed by atoms with Crippen molar-refractivity contribution in [2.45, 2.75) is 32.6 Å². The summed E-state index contributed by atoms with van der Waals surface area (Å²) in [6.45, 7) is 3.82. The third-order valence-corrected chi connectivity index (χ3v) is 2.45. The van der Waals surface area contributed by atoms with Gasteiger partial charge < -0.3 is 14.9 Å². The number of carboxylic acids is 1. The van der Waals surface area contributed by atoms with Crippen LogP contribution in [0, 0.1) is 0 Å². The first-order chi connectivity index (χ1) is 7.97. The molecule has 0 aromatic rings. The Balaban J connectivity index is 4.09. The number of nitrogens with zero attached hydrogens (tertiary/aromatic N) is 2. The molecule has 1 N–H and O–H groups in total. The Morgan fingerprint density at radius 2 is 1.71 bits per heavy atom. The third kappa shape index (κ3) is 8.68. The number of amides is 1. The molecule has 100 valence electrons. The average molecular weight is 244 g/mol. The number of hydrogen-bond donors (Lipinski definition) is 1. The van der Waals surface area contributed by atoms with Gasteiger partial charge in [-0.05, 0) is 33.5 Å². The first kappa shape index (κ1) is 15.9. The van der Waals surface area contributed by atoms with Gasteiger partial charge in [0, 0.05) is 19.5 Å². The van der Waals surface area contributed by atoms with Crippen LogP contribution in [0.15, 0.2) is 0 Å². The highest BCUT2D eigenvalue weighted by atomic mass is 16.4. The van der Waals surface area contributed by atoms with Crippen molar-refractivity contribution in [1.29, 1.82) is 0 Å². The lowest BCUT2D eigenvalue weighted by Crippen LogP contribution is -2.35. The second kappa shape index (κ2) is 8.98. The molecule has 0 heterocycles. The maximum atomic E-state index is 11.8. The van der Waals surface area contributed by atoms with E-state index in [9.17, 15) is 9.59 Å². The van der Waals surface area contributed by atoms with Crippen molar-refractivity contribution in [3.05, 3.63) is 0 Å². The van der Waals surface area contributed by atoms with Crippen LogP contribution in [-0.4, -0.2) is 60.5 Å². The van der Waals surface area contributed by atoms with Crippen molar-refractivity contribution in [2.75, 3.05) is 33.7 Å². The molecule has 0 aliphatic heterocycles. The molecule has 0 atom stereocenters. The van der Waals surface area contributed by atoms with Crippen LogP contribution in [0.1, 0.15) is 32.6 Å². The molecule has 5 nitrogen and oxygen atoms in total. The fourth-order valence-electron chi connectivity index (χ4n) is 1.54. The number of carbonyl (C=O) groups excluding carboxylic acids is 1. The van der Waals surface area contributed by atoms with E-state index in [1.165, 1.54) is 0 Å². The largest absolute Gasteiger partial charge is 0.481 e. The van der Waals surface area contributed by atoms with Gasteiger partial charge in [0.05, 0.1) is 6.42 Å². The fraction of sp³-hybridized carbons (Fsp3) is 0.833. The molecule has 0 bridgehead atoms. The Kier molecular flexibility index (Phi) is 8.40. The van der Waals surface area contributed by atoms with Gasteiger partial charge in [-0.2, -0.15) is 0 Å². The van der Waals surface area contributed by atoms with Crippen LogP contribution in [0.3, 0.4) is 0 Å². The van der Waals surface area contributed by atoms with Gasteiger partial charge in [0.1, 0.15) is 0 Å². The molecule has 0 radical (unpaired) electrons. The van der Waals surface area contributed by atoms with Crippen molar-refractivity contribution in [1.82, 2.24) is 9.80 Å². The summed E-state index contributed by atoms with van der Waals surface area (Å²) < 4.78 is 0. The molecular weight excluding hydrogens is 220 g/mol. The SMILES string of the molecule is CCCC(=O)N(CCCN(C)C)CCC(=O)O. The molecule has 0 aliphatic carbocycles. The first-order valence-electron chi connectivity index (χ1n) is 6.11. The molecule has 0 saturated carbocycles. The molecule has 0 aromatic carbocycles. The van der Waals surface area contributed by atoms with Crippen molar-refractivity contribution in [2.24, 2.45) is 0 Å². The summed E-state index contributed by atoms with van der Waals surface area (Å²) in [6, 6.07) is 0. The molecule has 0 fully saturated rings. The molecule has 0 aromatic heterocycles. The van der Waals surface area contributed by atoms with E-state index in [1.54, 1.807) is 4.90 Å². The van der Waals surface area contributed by atoms with E-state index in [0.717, 1.165) is 19.4 Å². The maximum absolute atomic E-state index is 11.8. The van der Waals surface area contributed by atoms with E-state index < -0.39 is 5.97 Å². The molecule has 0 spiro atoms. The van der Waals surface area contributed by atoms with Gasteiger partial charge in [-0.3, -0.25) is 9.59 Å². The summed E-state index contributed by atoms with van der Waals surface area (Å²) in [7, 11) is 3.96. The summed E-state index contributed by atoms with van der Waals surface area (Å²) in [4.78, 5) is 26.0. The summed E-state index contributed by atoms with van der Waals surface area (Å²) in [5.74, 6) is -0.792. The monoisotopic (exact) mass is 244 g/mol. The van der Waals surface area contributed by atoms with Crippen molar-refractivity contribution in [3.63, 3.8) is 0 Å². The Bertz CT molecular complexity index is 242.